The van der Waals surface area contributed by atoms with Crippen LogP contribution in [0.3, 0.4) is 0 Å². The van der Waals surface area contributed by atoms with Crippen molar-refractivity contribution in [2.75, 3.05) is 11.4 Å². The van der Waals surface area contributed by atoms with Crippen molar-refractivity contribution in [2.45, 2.75) is 26.1 Å². The number of hydrogen-bond donors (Lipinski definition) is 1. The van der Waals surface area contributed by atoms with Gasteiger partial charge in [-0.3, -0.25) is 0 Å². The molecule has 0 saturated heterocycles. The number of nitrogens with zero attached hydrogens (tertiary/aromatic N) is 3. The Hall–Kier alpha value is -1.88. The van der Waals surface area contributed by atoms with Crippen LogP contribution in [0.5, 0.6) is 0 Å². The molecule has 4 nitrogen and oxygen atoms in total. The Morgan fingerprint density at radius 2 is 2.21 bits per heavy atom. The van der Waals surface area contributed by atoms with E-state index in [4.69, 9.17) is 0 Å². The Kier molecular flexibility index (Phi) is 2.98. The van der Waals surface area contributed by atoms with E-state index in [1.54, 1.807) is 25.3 Å². The zero-order valence-corrected chi connectivity index (χ0v) is 10.8. The van der Waals surface area contributed by atoms with Gasteiger partial charge in [0.05, 0.1) is 18.3 Å². The van der Waals surface area contributed by atoms with E-state index in [9.17, 15) is 9.50 Å². The van der Waals surface area contributed by atoms with Crippen LogP contribution in [-0.4, -0.2) is 21.2 Å². The number of aliphatic hydroxyl groups is 1. The van der Waals surface area contributed by atoms with Gasteiger partial charge >= 0.3 is 0 Å². The summed E-state index contributed by atoms with van der Waals surface area (Å²) in [5.41, 5.74) is 1.12. The van der Waals surface area contributed by atoms with Crippen molar-refractivity contribution >= 4 is 5.69 Å². The molecule has 1 aromatic carbocycles. The third-order valence-corrected chi connectivity index (χ3v) is 3.53. The summed E-state index contributed by atoms with van der Waals surface area (Å²) < 4.78 is 16.2. The van der Waals surface area contributed by atoms with Crippen molar-refractivity contribution in [2.24, 2.45) is 0 Å². The predicted molar refractivity (Wildman–Crippen MR) is 70.3 cm³/mol. The zero-order chi connectivity index (χ0) is 13.4. The summed E-state index contributed by atoms with van der Waals surface area (Å²) in [5, 5.41) is 9.80. The first-order chi connectivity index (χ1) is 9.16. The summed E-state index contributed by atoms with van der Waals surface area (Å²) in [6.07, 6.45) is 3.01. The molecule has 100 valence electrons. The van der Waals surface area contributed by atoms with E-state index in [-0.39, 0.29) is 5.82 Å². The van der Waals surface area contributed by atoms with Crippen molar-refractivity contribution in [3.8, 4) is 0 Å². The Labute approximate surface area is 111 Å². The molecule has 3 rings (SSSR count). The monoisotopic (exact) mass is 261 g/mol. The van der Waals surface area contributed by atoms with Crippen LogP contribution in [0.1, 0.15) is 24.4 Å². The highest BCUT2D eigenvalue weighted by Crippen LogP contribution is 2.31. The molecule has 1 aliphatic rings. The molecule has 0 amide bonds. The highest BCUT2D eigenvalue weighted by atomic mass is 19.1. The first-order valence-electron chi connectivity index (χ1n) is 6.38. The molecule has 0 fully saturated rings. The Morgan fingerprint density at radius 1 is 1.37 bits per heavy atom. The molecule has 0 radical (unpaired) electrons. The minimum absolute atomic E-state index is 0.293. The lowest BCUT2D eigenvalue weighted by Crippen LogP contribution is -2.35. The van der Waals surface area contributed by atoms with Crippen molar-refractivity contribution in [1.29, 1.82) is 0 Å². The molecule has 1 aromatic heterocycles. The number of aliphatic hydroxyl groups excluding tert-OH is 1. The van der Waals surface area contributed by atoms with Crippen LogP contribution in [0.15, 0.2) is 30.6 Å². The van der Waals surface area contributed by atoms with E-state index in [2.05, 4.69) is 9.55 Å². The summed E-state index contributed by atoms with van der Waals surface area (Å²) in [6.45, 7) is 3.71. The fraction of sp³-hybridized carbons (Fsp3) is 0.357. The number of fused-ring (bicyclic) bond motifs is 1. The number of rotatable bonds is 2. The van der Waals surface area contributed by atoms with Crippen LogP contribution in [0, 0.1) is 5.82 Å². The standard InChI is InChI=1S/C14H16FN3O/c1-10(19)11-3-2-4-12(15)14(11)18-8-7-17-6-5-16-13(17)9-18/h2-6,10,19H,7-9H2,1H3. The quantitative estimate of drug-likeness (QED) is 0.900. The number of hydrogen-bond acceptors (Lipinski definition) is 3. The number of benzene rings is 1. The largest absolute Gasteiger partial charge is 0.389 e. The lowest BCUT2D eigenvalue weighted by Gasteiger charge is -2.32. The molecule has 1 unspecified atom stereocenters. The fourth-order valence-electron chi connectivity index (χ4n) is 2.57. The fourth-order valence-corrected chi connectivity index (χ4v) is 2.57. The summed E-state index contributed by atoms with van der Waals surface area (Å²) >= 11 is 0. The number of halogens is 1. The molecule has 0 spiro atoms. The van der Waals surface area contributed by atoms with E-state index < -0.39 is 6.10 Å². The summed E-state index contributed by atoms with van der Waals surface area (Å²) in [4.78, 5) is 6.22. The molecule has 19 heavy (non-hydrogen) atoms. The van der Waals surface area contributed by atoms with Gasteiger partial charge < -0.3 is 14.6 Å². The van der Waals surface area contributed by atoms with Gasteiger partial charge in [-0.25, -0.2) is 9.37 Å². The normalized spacial score (nSPS) is 16.3. The molecule has 5 heteroatoms. The SMILES string of the molecule is CC(O)c1cccc(F)c1N1CCn2ccnc2C1. The van der Waals surface area contributed by atoms with Gasteiger partial charge in [0.25, 0.3) is 0 Å². The summed E-state index contributed by atoms with van der Waals surface area (Å²) in [6, 6.07) is 4.83. The number of aromatic nitrogens is 2. The van der Waals surface area contributed by atoms with Gasteiger partial charge in [0.1, 0.15) is 11.6 Å². The Bertz CT molecular complexity index is 594. The lowest BCUT2D eigenvalue weighted by atomic mass is 10.1. The van der Waals surface area contributed by atoms with E-state index in [1.807, 2.05) is 11.1 Å². The van der Waals surface area contributed by atoms with Crippen LogP contribution in [0.2, 0.25) is 0 Å². The average Bonchev–Trinajstić information content (AvgIpc) is 2.85. The summed E-state index contributed by atoms with van der Waals surface area (Å²) in [5.74, 6) is 0.629. The van der Waals surface area contributed by atoms with Gasteiger partial charge in [-0.15, -0.1) is 0 Å². The van der Waals surface area contributed by atoms with Gasteiger partial charge in [0.2, 0.25) is 0 Å². The molecular formula is C14H16FN3O. The van der Waals surface area contributed by atoms with Crippen molar-refractivity contribution in [3.05, 3.63) is 47.8 Å². The molecule has 1 N–H and O–H groups in total. The molecule has 2 heterocycles. The Balaban J connectivity index is 2.00. The van der Waals surface area contributed by atoms with Crippen molar-refractivity contribution < 1.29 is 9.50 Å². The third kappa shape index (κ3) is 2.10. The maximum atomic E-state index is 14.1. The molecular weight excluding hydrogens is 245 g/mol. The minimum atomic E-state index is -0.688. The predicted octanol–water partition coefficient (Wildman–Crippen LogP) is 2.10. The van der Waals surface area contributed by atoms with Gasteiger partial charge in [-0.2, -0.15) is 0 Å². The van der Waals surface area contributed by atoms with E-state index in [0.717, 1.165) is 12.4 Å². The third-order valence-electron chi connectivity index (χ3n) is 3.53. The topological polar surface area (TPSA) is 41.3 Å². The van der Waals surface area contributed by atoms with Crippen molar-refractivity contribution in [1.82, 2.24) is 9.55 Å². The maximum absolute atomic E-state index is 14.1. The second-order valence-corrected chi connectivity index (χ2v) is 4.81. The minimum Gasteiger partial charge on any atom is -0.389 e. The maximum Gasteiger partial charge on any atom is 0.146 e. The second kappa shape index (κ2) is 4.66. The highest BCUT2D eigenvalue weighted by molar-refractivity contribution is 5.56. The van der Waals surface area contributed by atoms with Crippen molar-refractivity contribution in [3.63, 3.8) is 0 Å². The first-order valence-corrected chi connectivity index (χ1v) is 6.38. The van der Waals surface area contributed by atoms with Gasteiger partial charge in [0, 0.05) is 31.0 Å². The molecule has 1 atom stereocenters. The highest BCUT2D eigenvalue weighted by Gasteiger charge is 2.23. The van der Waals surface area contributed by atoms with E-state index >= 15 is 0 Å². The van der Waals surface area contributed by atoms with Crippen LogP contribution in [0.4, 0.5) is 10.1 Å². The molecule has 1 aliphatic heterocycles. The van der Waals surface area contributed by atoms with Gasteiger partial charge in [0.15, 0.2) is 0 Å². The second-order valence-electron chi connectivity index (χ2n) is 4.81. The molecule has 0 saturated carbocycles. The van der Waals surface area contributed by atoms with Crippen LogP contribution in [-0.2, 0) is 13.1 Å². The van der Waals surface area contributed by atoms with Crippen LogP contribution in [0.25, 0.3) is 0 Å². The molecule has 0 aliphatic carbocycles. The zero-order valence-electron chi connectivity index (χ0n) is 10.8. The average molecular weight is 261 g/mol. The van der Waals surface area contributed by atoms with Crippen LogP contribution >= 0.6 is 0 Å². The molecule has 0 bridgehead atoms. The smallest absolute Gasteiger partial charge is 0.146 e. The van der Waals surface area contributed by atoms with E-state index in [1.165, 1.54) is 6.07 Å². The first kappa shape index (κ1) is 12.2. The number of para-hydroxylation sites is 1. The summed E-state index contributed by atoms with van der Waals surface area (Å²) in [7, 11) is 0. The van der Waals surface area contributed by atoms with Gasteiger partial charge in [-0.1, -0.05) is 12.1 Å². The lowest BCUT2D eigenvalue weighted by molar-refractivity contribution is 0.199. The van der Waals surface area contributed by atoms with Crippen LogP contribution < -0.4 is 4.90 Å². The molecule has 2 aromatic rings. The van der Waals surface area contributed by atoms with E-state index in [0.29, 0.717) is 24.3 Å². The Morgan fingerprint density at radius 3 is 3.00 bits per heavy atom. The number of imidazole rings is 1. The number of anilines is 1. The van der Waals surface area contributed by atoms with Gasteiger partial charge in [-0.05, 0) is 13.0 Å².